The molecule has 128 valence electrons. The maximum atomic E-state index is 12.6. The van der Waals surface area contributed by atoms with E-state index < -0.39 is 0 Å². The third-order valence-corrected chi connectivity index (χ3v) is 4.75. The fraction of sp³-hybridized carbons (Fsp3) is 0.316. The fourth-order valence-electron chi connectivity index (χ4n) is 3.45. The Hall–Kier alpha value is -2.73. The molecule has 0 bridgehead atoms. The van der Waals surface area contributed by atoms with Gasteiger partial charge in [-0.15, -0.1) is 0 Å². The van der Waals surface area contributed by atoms with Gasteiger partial charge in [0.15, 0.2) is 0 Å². The van der Waals surface area contributed by atoms with Crippen molar-refractivity contribution in [2.24, 2.45) is 0 Å². The van der Waals surface area contributed by atoms with Gasteiger partial charge in [-0.3, -0.25) is 14.7 Å². The smallest absolute Gasteiger partial charge is 0.255 e. The molecule has 0 saturated heterocycles. The molecule has 0 saturated carbocycles. The summed E-state index contributed by atoms with van der Waals surface area (Å²) in [6, 6.07) is 5.90. The summed E-state index contributed by atoms with van der Waals surface area (Å²) in [6.45, 7) is 6.55. The van der Waals surface area contributed by atoms with Crippen LogP contribution in [0.1, 0.15) is 28.2 Å². The summed E-state index contributed by atoms with van der Waals surface area (Å²) in [7, 11) is 0. The van der Waals surface area contributed by atoms with Gasteiger partial charge in [0.05, 0.1) is 11.3 Å². The van der Waals surface area contributed by atoms with Crippen LogP contribution in [0.5, 0.6) is 0 Å². The Morgan fingerprint density at radius 1 is 1.20 bits per heavy atom. The second-order valence-electron chi connectivity index (χ2n) is 6.64. The number of pyridine rings is 1. The summed E-state index contributed by atoms with van der Waals surface area (Å²) in [4.78, 5) is 29.9. The highest BCUT2D eigenvalue weighted by atomic mass is 16.1. The van der Waals surface area contributed by atoms with E-state index in [1.807, 2.05) is 12.1 Å². The average Bonchev–Trinajstić information content (AvgIpc) is 2.93. The number of hydrogen-bond donors (Lipinski definition) is 2. The van der Waals surface area contributed by atoms with Crippen LogP contribution in [-0.4, -0.2) is 31.4 Å². The minimum Gasteiger partial charge on any atom is -0.362 e. The summed E-state index contributed by atoms with van der Waals surface area (Å²) in [5.74, 6) is 0.622. The zero-order valence-corrected chi connectivity index (χ0v) is 14.5. The fourth-order valence-corrected chi connectivity index (χ4v) is 3.45. The molecule has 1 aliphatic rings. The molecule has 3 aromatic rings. The topological polar surface area (TPSA) is 77.7 Å². The number of H-pyrrole nitrogens is 2. The Balaban J connectivity index is 1.59. The standard InChI is InChI=1S/C19H21N5O/c1-12-9-15(13(2)21-12)10-24-8-5-17-16(11-24)19(25)23-18(22-17)14-3-6-20-7-4-14/h3-4,6-7,9,21H,5,8,10-11H2,1-2H3,(H,22,23,25). The molecule has 0 fully saturated rings. The van der Waals surface area contributed by atoms with E-state index in [9.17, 15) is 4.79 Å². The van der Waals surface area contributed by atoms with Crippen molar-refractivity contribution in [2.75, 3.05) is 6.54 Å². The highest BCUT2D eigenvalue weighted by Crippen LogP contribution is 2.20. The molecule has 6 nitrogen and oxygen atoms in total. The lowest BCUT2D eigenvalue weighted by Gasteiger charge is -2.27. The molecule has 0 amide bonds. The van der Waals surface area contributed by atoms with Crippen molar-refractivity contribution >= 4 is 0 Å². The third kappa shape index (κ3) is 3.13. The first-order valence-electron chi connectivity index (χ1n) is 8.50. The molecule has 0 unspecified atom stereocenters. The van der Waals surface area contributed by atoms with Gasteiger partial charge < -0.3 is 9.97 Å². The van der Waals surface area contributed by atoms with E-state index in [2.05, 4.69) is 39.8 Å². The summed E-state index contributed by atoms with van der Waals surface area (Å²) < 4.78 is 0. The van der Waals surface area contributed by atoms with Gasteiger partial charge in [0.1, 0.15) is 5.82 Å². The molecular weight excluding hydrogens is 314 g/mol. The van der Waals surface area contributed by atoms with Crippen LogP contribution in [0.4, 0.5) is 0 Å². The van der Waals surface area contributed by atoms with Crippen LogP contribution in [0.2, 0.25) is 0 Å². The van der Waals surface area contributed by atoms with Gasteiger partial charge in [0.25, 0.3) is 5.56 Å². The van der Waals surface area contributed by atoms with E-state index in [-0.39, 0.29) is 5.56 Å². The molecule has 1 aliphatic heterocycles. The highest BCUT2D eigenvalue weighted by molar-refractivity contribution is 5.54. The van der Waals surface area contributed by atoms with E-state index >= 15 is 0 Å². The molecule has 25 heavy (non-hydrogen) atoms. The monoisotopic (exact) mass is 335 g/mol. The average molecular weight is 335 g/mol. The number of aromatic nitrogens is 4. The predicted molar refractivity (Wildman–Crippen MR) is 96.2 cm³/mol. The minimum absolute atomic E-state index is 0.0384. The van der Waals surface area contributed by atoms with Gasteiger partial charge in [-0.25, -0.2) is 4.98 Å². The van der Waals surface area contributed by atoms with Crippen LogP contribution >= 0.6 is 0 Å². The molecule has 4 heterocycles. The van der Waals surface area contributed by atoms with E-state index in [0.717, 1.165) is 36.3 Å². The Labute approximate surface area is 146 Å². The van der Waals surface area contributed by atoms with Crippen molar-refractivity contribution in [3.05, 3.63) is 69.2 Å². The summed E-state index contributed by atoms with van der Waals surface area (Å²) >= 11 is 0. The quantitative estimate of drug-likeness (QED) is 0.770. The molecule has 3 aromatic heterocycles. The lowest BCUT2D eigenvalue weighted by Crippen LogP contribution is -2.35. The molecular formula is C19H21N5O. The Kier molecular flexibility index (Phi) is 3.97. The van der Waals surface area contributed by atoms with Gasteiger partial charge in [0, 0.05) is 55.4 Å². The number of nitrogens with one attached hydrogen (secondary N) is 2. The predicted octanol–water partition coefficient (Wildman–Crippen LogP) is 2.34. The van der Waals surface area contributed by atoms with Gasteiger partial charge in [-0.1, -0.05) is 0 Å². The molecule has 0 spiro atoms. The number of aromatic amines is 2. The van der Waals surface area contributed by atoms with Crippen LogP contribution in [0.3, 0.4) is 0 Å². The lowest BCUT2D eigenvalue weighted by atomic mass is 10.1. The van der Waals surface area contributed by atoms with Crippen molar-refractivity contribution < 1.29 is 0 Å². The first-order valence-corrected chi connectivity index (χ1v) is 8.50. The number of hydrogen-bond acceptors (Lipinski definition) is 4. The van der Waals surface area contributed by atoms with Crippen LogP contribution in [0, 0.1) is 13.8 Å². The van der Waals surface area contributed by atoms with Crippen molar-refractivity contribution in [1.82, 2.24) is 24.8 Å². The number of rotatable bonds is 3. The second-order valence-corrected chi connectivity index (χ2v) is 6.64. The molecule has 6 heteroatoms. The van der Waals surface area contributed by atoms with Crippen molar-refractivity contribution in [3.63, 3.8) is 0 Å². The lowest BCUT2D eigenvalue weighted by molar-refractivity contribution is 0.241. The Bertz CT molecular complexity index is 958. The van der Waals surface area contributed by atoms with Crippen molar-refractivity contribution in [3.8, 4) is 11.4 Å². The molecule has 2 N–H and O–H groups in total. The Morgan fingerprint density at radius 3 is 2.72 bits per heavy atom. The van der Waals surface area contributed by atoms with Gasteiger partial charge in [-0.2, -0.15) is 0 Å². The highest BCUT2D eigenvalue weighted by Gasteiger charge is 2.22. The van der Waals surface area contributed by atoms with Crippen LogP contribution in [0.15, 0.2) is 35.4 Å². The Morgan fingerprint density at radius 2 is 2.00 bits per heavy atom. The van der Waals surface area contributed by atoms with Crippen molar-refractivity contribution in [2.45, 2.75) is 33.4 Å². The van der Waals surface area contributed by atoms with E-state index in [0.29, 0.717) is 12.4 Å². The molecule has 4 rings (SSSR count). The van der Waals surface area contributed by atoms with E-state index in [4.69, 9.17) is 4.98 Å². The number of aryl methyl sites for hydroxylation is 2. The van der Waals surface area contributed by atoms with E-state index in [1.54, 1.807) is 12.4 Å². The summed E-state index contributed by atoms with van der Waals surface area (Å²) in [5, 5.41) is 0. The summed E-state index contributed by atoms with van der Waals surface area (Å²) in [6.07, 6.45) is 4.20. The first-order chi connectivity index (χ1) is 12.1. The maximum Gasteiger partial charge on any atom is 0.255 e. The van der Waals surface area contributed by atoms with Gasteiger partial charge in [-0.05, 0) is 37.6 Å². The van der Waals surface area contributed by atoms with Gasteiger partial charge >= 0.3 is 0 Å². The van der Waals surface area contributed by atoms with Crippen LogP contribution in [-0.2, 0) is 19.5 Å². The van der Waals surface area contributed by atoms with Crippen LogP contribution in [0.25, 0.3) is 11.4 Å². The first kappa shape index (κ1) is 15.8. The van der Waals surface area contributed by atoms with E-state index in [1.165, 1.54) is 17.0 Å². The maximum absolute atomic E-state index is 12.6. The molecule has 0 aliphatic carbocycles. The SMILES string of the molecule is Cc1cc(CN2CCc3nc(-c4ccncc4)[nH]c(=O)c3C2)c(C)[nH]1. The normalized spacial score (nSPS) is 14.5. The zero-order valence-electron chi connectivity index (χ0n) is 14.5. The minimum atomic E-state index is -0.0384. The molecule has 0 radical (unpaired) electrons. The van der Waals surface area contributed by atoms with Crippen LogP contribution < -0.4 is 5.56 Å². The molecule has 0 atom stereocenters. The van der Waals surface area contributed by atoms with Crippen molar-refractivity contribution in [1.29, 1.82) is 0 Å². The summed E-state index contributed by atoms with van der Waals surface area (Å²) in [5.41, 5.74) is 6.20. The number of nitrogens with zero attached hydrogens (tertiary/aromatic N) is 3. The largest absolute Gasteiger partial charge is 0.362 e. The third-order valence-electron chi connectivity index (χ3n) is 4.75. The number of fused-ring (bicyclic) bond motifs is 1. The second kappa shape index (κ2) is 6.29. The molecule has 0 aromatic carbocycles. The zero-order chi connectivity index (χ0) is 17.4. The van der Waals surface area contributed by atoms with Gasteiger partial charge in [0.2, 0.25) is 0 Å².